The predicted molar refractivity (Wildman–Crippen MR) is 118 cm³/mol. The van der Waals surface area contributed by atoms with E-state index in [1.807, 2.05) is 42.5 Å². The fourth-order valence-corrected chi connectivity index (χ4v) is 4.65. The van der Waals surface area contributed by atoms with Gasteiger partial charge < -0.3 is 14.6 Å². The van der Waals surface area contributed by atoms with E-state index in [1.165, 1.54) is 0 Å². The van der Waals surface area contributed by atoms with Gasteiger partial charge >= 0.3 is 0 Å². The van der Waals surface area contributed by atoms with E-state index in [0.717, 1.165) is 36.1 Å². The van der Waals surface area contributed by atoms with Crippen molar-refractivity contribution >= 4 is 11.4 Å². The molecule has 1 aliphatic carbocycles. The Bertz CT molecular complexity index is 958. The molecule has 0 aromatic heterocycles. The summed E-state index contributed by atoms with van der Waals surface area (Å²) in [4.78, 5) is 12.1. The number of aromatic hydroxyl groups is 1. The van der Waals surface area contributed by atoms with E-state index in [9.17, 15) is 9.90 Å². The SMILES string of the molecule is CC(CCCOc1ccccc1)c1cc(O)c2c(c1)OC(C)(C)C1CCC(=O)C=C21. The van der Waals surface area contributed by atoms with E-state index in [4.69, 9.17) is 9.47 Å². The molecule has 0 fully saturated rings. The van der Waals surface area contributed by atoms with Crippen molar-refractivity contribution in [2.75, 3.05) is 6.61 Å². The molecule has 2 unspecified atom stereocenters. The molecule has 1 heterocycles. The average molecular weight is 407 g/mol. The largest absolute Gasteiger partial charge is 0.507 e. The smallest absolute Gasteiger partial charge is 0.156 e. The number of hydrogen-bond donors (Lipinski definition) is 1. The van der Waals surface area contributed by atoms with Gasteiger partial charge in [-0.05, 0) is 80.5 Å². The molecular weight excluding hydrogens is 376 g/mol. The van der Waals surface area contributed by atoms with Crippen molar-refractivity contribution < 1.29 is 19.4 Å². The van der Waals surface area contributed by atoms with Crippen LogP contribution < -0.4 is 9.47 Å². The lowest BCUT2D eigenvalue weighted by atomic mass is 9.72. The molecule has 0 saturated heterocycles. The molecule has 4 nitrogen and oxygen atoms in total. The number of para-hydroxylation sites is 1. The van der Waals surface area contributed by atoms with E-state index in [0.29, 0.717) is 24.3 Å². The van der Waals surface area contributed by atoms with Gasteiger partial charge in [-0.25, -0.2) is 0 Å². The van der Waals surface area contributed by atoms with Crippen LogP contribution in [0.4, 0.5) is 0 Å². The van der Waals surface area contributed by atoms with Gasteiger partial charge in [-0.1, -0.05) is 25.1 Å². The van der Waals surface area contributed by atoms with Crippen LogP contribution >= 0.6 is 0 Å². The molecule has 0 spiro atoms. The number of ether oxygens (including phenoxy) is 2. The summed E-state index contributed by atoms with van der Waals surface area (Å²) in [5, 5.41) is 10.8. The molecule has 2 aromatic carbocycles. The highest BCUT2D eigenvalue weighted by molar-refractivity contribution is 6.01. The number of phenolic OH excluding ortho intramolecular Hbond substituents is 1. The molecule has 30 heavy (non-hydrogen) atoms. The molecule has 2 aliphatic rings. The maximum Gasteiger partial charge on any atom is 0.156 e. The molecule has 4 rings (SSSR count). The number of benzene rings is 2. The minimum Gasteiger partial charge on any atom is -0.507 e. The van der Waals surface area contributed by atoms with Gasteiger partial charge in [0.15, 0.2) is 5.78 Å². The number of phenols is 1. The summed E-state index contributed by atoms with van der Waals surface area (Å²) >= 11 is 0. The Morgan fingerprint density at radius 2 is 2.00 bits per heavy atom. The molecule has 0 bridgehead atoms. The second-order valence-corrected chi connectivity index (χ2v) is 8.98. The number of hydrogen-bond acceptors (Lipinski definition) is 4. The van der Waals surface area contributed by atoms with Crippen LogP contribution in [-0.2, 0) is 4.79 Å². The normalized spacial score (nSPS) is 20.4. The predicted octanol–water partition coefficient (Wildman–Crippen LogP) is 5.89. The zero-order valence-corrected chi connectivity index (χ0v) is 18.0. The summed E-state index contributed by atoms with van der Waals surface area (Å²) in [6.45, 7) is 6.95. The third kappa shape index (κ3) is 4.09. The fourth-order valence-electron chi connectivity index (χ4n) is 4.65. The Labute approximate surface area is 178 Å². The van der Waals surface area contributed by atoms with Gasteiger partial charge in [0.2, 0.25) is 0 Å². The number of carbonyl (C=O) groups excluding carboxylic acids is 1. The van der Waals surface area contributed by atoms with Crippen molar-refractivity contribution in [2.24, 2.45) is 5.92 Å². The second kappa shape index (κ2) is 8.17. The number of rotatable bonds is 6. The van der Waals surface area contributed by atoms with Crippen LogP contribution in [-0.4, -0.2) is 23.1 Å². The molecule has 0 saturated carbocycles. The Morgan fingerprint density at radius 3 is 2.77 bits per heavy atom. The maximum absolute atomic E-state index is 12.1. The quantitative estimate of drug-likeness (QED) is 0.608. The maximum atomic E-state index is 12.1. The summed E-state index contributed by atoms with van der Waals surface area (Å²) in [5.74, 6) is 2.27. The van der Waals surface area contributed by atoms with E-state index in [2.05, 4.69) is 20.8 Å². The van der Waals surface area contributed by atoms with Gasteiger partial charge in [-0.15, -0.1) is 0 Å². The summed E-state index contributed by atoms with van der Waals surface area (Å²) < 4.78 is 12.1. The lowest BCUT2D eigenvalue weighted by Gasteiger charge is -2.43. The van der Waals surface area contributed by atoms with Crippen LogP contribution in [0, 0.1) is 5.92 Å². The number of allylic oxidation sites excluding steroid dienone is 1. The third-order valence-electron chi connectivity index (χ3n) is 6.34. The van der Waals surface area contributed by atoms with Crippen molar-refractivity contribution in [3.8, 4) is 17.2 Å². The number of fused-ring (bicyclic) bond motifs is 3. The van der Waals surface area contributed by atoms with Gasteiger partial charge in [0, 0.05) is 12.3 Å². The summed E-state index contributed by atoms with van der Waals surface area (Å²) in [6.07, 6.45) is 4.87. The molecule has 1 aliphatic heterocycles. The first-order valence-corrected chi connectivity index (χ1v) is 10.8. The van der Waals surface area contributed by atoms with Crippen LogP contribution in [0.3, 0.4) is 0 Å². The standard InChI is InChI=1S/C26H30O4/c1-17(8-7-13-29-20-9-5-4-6-10-20)18-14-23(28)25-21-16-19(27)11-12-22(21)26(2,3)30-24(25)15-18/h4-6,9-10,14-17,22,28H,7-8,11-13H2,1-3H3. The van der Waals surface area contributed by atoms with Crippen LogP contribution in [0.25, 0.3) is 5.57 Å². The molecular formula is C26H30O4. The average Bonchev–Trinajstić information content (AvgIpc) is 2.70. The molecule has 0 radical (unpaired) electrons. The summed E-state index contributed by atoms with van der Waals surface area (Å²) in [6, 6.07) is 13.7. The number of ketones is 1. The van der Waals surface area contributed by atoms with Crippen LogP contribution in [0.2, 0.25) is 0 Å². The van der Waals surface area contributed by atoms with Crippen molar-refractivity contribution in [1.29, 1.82) is 0 Å². The second-order valence-electron chi connectivity index (χ2n) is 8.98. The lowest BCUT2D eigenvalue weighted by Crippen LogP contribution is -2.43. The first-order chi connectivity index (χ1) is 14.3. The van der Waals surface area contributed by atoms with Crippen molar-refractivity contribution in [1.82, 2.24) is 0 Å². The third-order valence-corrected chi connectivity index (χ3v) is 6.34. The monoisotopic (exact) mass is 406 g/mol. The van der Waals surface area contributed by atoms with Gasteiger partial charge in [0.1, 0.15) is 22.8 Å². The first kappa shape index (κ1) is 20.5. The summed E-state index contributed by atoms with van der Waals surface area (Å²) in [5.41, 5.74) is 2.25. The molecule has 0 amide bonds. The van der Waals surface area contributed by atoms with E-state index >= 15 is 0 Å². The summed E-state index contributed by atoms with van der Waals surface area (Å²) in [7, 11) is 0. The van der Waals surface area contributed by atoms with Crippen LogP contribution in [0.5, 0.6) is 17.2 Å². The fraction of sp³-hybridized carbons (Fsp3) is 0.423. The van der Waals surface area contributed by atoms with Gasteiger partial charge in [0.05, 0.1) is 12.2 Å². The van der Waals surface area contributed by atoms with E-state index in [-0.39, 0.29) is 23.4 Å². The highest BCUT2D eigenvalue weighted by atomic mass is 16.5. The highest BCUT2D eigenvalue weighted by Gasteiger charge is 2.43. The lowest BCUT2D eigenvalue weighted by molar-refractivity contribution is -0.115. The first-order valence-electron chi connectivity index (χ1n) is 10.8. The number of carbonyl (C=O) groups is 1. The minimum absolute atomic E-state index is 0.118. The minimum atomic E-state index is -0.405. The van der Waals surface area contributed by atoms with E-state index in [1.54, 1.807) is 6.08 Å². The highest BCUT2D eigenvalue weighted by Crippen LogP contribution is 2.52. The zero-order valence-electron chi connectivity index (χ0n) is 18.0. The Kier molecular flexibility index (Phi) is 5.59. The van der Waals surface area contributed by atoms with Crippen molar-refractivity contribution in [3.63, 3.8) is 0 Å². The van der Waals surface area contributed by atoms with Gasteiger partial charge in [0.25, 0.3) is 0 Å². The van der Waals surface area contributed by atoms with Crippen LogP contribution in [0.15, 0.2) is 48.5 Å². The van der Waals surface area contributed by atoms with Gasteiger partial charge in [-0.2, -0.15) is 0 Å². The zero-order chi connectivity index (χ0) is 21.3. The molecule has 1 N–H and O–H groups in total. The van der Waals surface area contributed by atoms with Crippen LogP contribution in [0.1, 0.15) is 63.5 Å². The Hall–Kier alpha value is -2.75. The van der Waals surface area contributed by atoms with Crippen molar-refractivity contribution in [2.45, 2.75) is 58.0 Å². The Balaban J connectivity index is 1.50. The molecule has 2 aromatic rings. The molecule has 158 valence electrons. The van der Waals surface area contributed by atoms with Crippen molar-refractivity contribution in [3.05, 3.63) is 59.7 Å². The molecule has 4 heteroatoms. The van der Waals surface area contributed by atoms with E-state index < -0.39 is 5.60 Å². The topological polar surface area (TPSA) is 55.8 Å². The molecule has 2 atom stereocenters. The Morgan fingerprint density at radius 1 is 1.23 bits per heavy atom. The van der Waals surface area contributed by atoms with Gasteiger partial charge in [-0.3, -0.25) is 4.79 Å².